The van der Waals surface area contributed by atoms with Gasteiger partial charge in [-0.25, -0.2) is 9.50 Å². The van der Waals surface area contributed by atoms with Crippen LogP contribution in [0.25, 0.3) is 5.65 Å². The Morgan fingerprint density at radius 3 is 2.89 bits per heavy atom. The number of halogens is 1. The van der Waals surface area contributed by atoms with Crippen molar-refractivity contribution in [1.82, 2.24) is 14.6 Å². The molecule has 0 bridgehead atoms. The molecule has 0 atom stereocenters. The second-order valence-corrected chi connectivity index (χ2v) is 6.00. The third kappa shape index (κ3) is 1.77. The van der Waals surface area contributed by atoms with Crippen LogP contribution in [0.1, 0.15) is 25.3 Å². The van der Waals surface area contributed by atoms with E-state index in [4.69, 9.17) is 4.74 Å². The molecule has 0 spiro atoms. The van der Waals surface area contributed by atoms with E-state index in [0.717, 1.165) is 28.7 Å². The summed E-state index contributed by atoms with van der Waals surface area (Å²) >= 11 is 3.47. The third-order valence-corrected chi connectivity index (χ3v) is 4.42. The summed E-state index contributed by atoms with van der Waals surface area (Å²) < 4.78 is 7.48. The molecule has 1 saturated carbocycles. The lowest BCUT2D eigenvalue weighted by atomic mass is 9.59. The van der Waals surface area contributed by atoms with E-state index in [2.05, 4.69) is 32.9 Å². The van der Waals surface area contributed by atoms with E-state index in [9.17, 15) is 4.79 Å². The summed E-state index contributed by atoms with van der Waals surface area (Å²) in [5.74, 6) is 0.369. The minimum Gasteiger partial charge on any atom is -0.468 e. The van der Waals surface area contributed by atoms with Crippen LogP contribution in [0.15, 0.2) is 23.1 Å². The SMILES string of the molecule is COC(=O)C1(c2cc(Br)n3ncnc3c2)CC(C)C1. The Morgan fingerprint density at radius 1 is 1.53 bits per heavy atom. The lowest BCUT2D eigenvalue weighted by molar-refractivity contribution is -0.153. The highest BCUT2D eigenvalue weighted by atomic mass is 79.9. The zero-order valence-corrected chi connectivity index (χ0v) is 12.3. The van der Waals surface area contributed by atoms with Crippen LogP contribution in [0.2, 0.25) is 0 Å². The Hall–Kier alpha value is -1.43. The minimum absolute atomic E-state index is 0.165. The molecule has 19 heavy (non-hydrogen) atoms. The predicted molar refractivity (Wildman–Crippen MR) is 72.8 cm³/mol. The Morgan fingerprint density at radius 2 is 2.26 bits per heavy atom. The lowest BCUT2D eigenvalue weighted by Crippen LogP contribution is -2.47. The van der Waals surface area contributed by atoms with Gasteiger partial charge in [-0.05, 0) is 52.4 Å². The van der Waals surface area contributed by atoms with Gasteiger partial charge in [0.05, 0.1) is 12.5 Å². The van der Waals surface area contributed by atoms with Crippen LogP contribution in [-0.4, -0.2) is 27.7 Å². The molecule has 0 aliphatic heterocycles. The van der Waals surface area contributed by atoms with Gasteiger partial charge in [0.2, 0.25) is 0 Å². The van der Waals surface area contributed by atoms with Crippen molar-refractivity contribution in [1.29, 1.82) is 0 Å². The predicted octanol–water partition coefficient (Wildman–Crippen LogP) is 2.33. The van der Waals surface area contributed by atoms with Gasteiger partial charge < -0.3 is 4.74 Å². The van der Waals surface area contributed by atoms with Crippen molar-refractivity contribution in [2.75, 3.05) is 7.11 Å². The monoisotopic (exact) mass is 323 g/mol. The summed E-state index contributed by atoms with van der Waals surface area (Å²) in [6.07, 6.45) is 3.13. The van der Waals surface area contributed by atoms with E-state index in [1.165, 1.54) is 13.4 Å². The molecule has 0 saturated heterocycles. The number of ether oxygens (including phenoxy) is 1. The molecular formula is C13H14BrN3O2. The lowest BCUT2D eigenvalue weighted by Gasteiger charge is -2.44. The number of hydrogen-bond acceptors (Lipinski definition) is 4. The molecule has 0 unspecified atom stereocenters. The third-order valence-electron chi connectivity index (χ3n) is 3.86. The van der Waals surface area contributed by atoms with Crippen LogP contribution in [0.4, 0.5) is 0 Å². The van der Waals surface area contributed by atoms with Crippen LogP contribution < -0.4 is 0 Å². The highest BCUT2D eigenvalue weighted by molar-refractivity contribution is 9.10. The number of rotatable bonds is 2. The molecule has 5 nitrogen and oxygen atoms in total. The van der Waals surface area contributed by atoms with Crippen LogP contribution in [0.5, 0.6) is 0 Å². The fraction of sp³-hybridized carbons (Fsp3) is 0.462. The molecule has 0 radical (unpaired) electrons. The molecule has 2 aromatic heterocycles. The zero-order valence-electron chi connectivity index (χ0n) is 10.8. The Balaban J connectivity index is 2.13. The highest BCUT2D eigenvalue weighted by Gasteiger charge is 2.51. The van der Waals surface area contributed by atoms with Gasteiger partial charge in [0.1, 0.15) is 10.9 Å². The second kappa shape index (κ2) is 4.30. The molecule has 2 aromatic rings. The topological polar surface area (TPSA) is 56.5 Å². The van der Waals surface area contributed by atoms with E-state index in [-0.39, 0.29) is 5.97 Å². The van der Waals surface area contributed by atoms with E-state index in [1.807, 2.05) is 12.1 Å². The van der Waals surface area contributed by atoms with Crippen LogP contribution in [0.3, 0.4) is 0 Å². The van der Waals surface area contributed by atoms with Gasteiger partial charge in [0, 0.05) is 0 Å². The molecule has 3 rings (SSSR count). The number of hydrogen-bond donors (Lipinski definition) is 0. The van der Waals surface area contributed by atoms with Gasteiger partial charge in [0.15, 0.2) is 5.65 Å². The largest absolute Gasteiger partial charge is 0.468 e. The number of aromatic nitrogens is 3. The fourth-order valence-electron chi connectivity index (χ4n) is 3.01. The molecule has 1 aliphatic carbocycles. The van der Waals surface area contributed by atoms with E-state index in [1.54, 1.807) is 4.52 Å². The molecule has 2 heterocycles. The molecule has 0 amide bonds. The number of carbonyl (C=O) groups excluding carboxylic acids is 1. The molecule has 0 aromatic carbocycles. The quantitative estimate of drug-likeness (QED) is 0.628. The average molecular weight is 324 g/mol. The van der Waals surface area contributed by atoms with Crippen LogP contribution in [0, 0.1) is 5.92 Å². The van der Waals surface area contributed by atoms with Crippen molar-refractivity contribution in [3.63, 3.8) is 0 Å². The van der Waals surface area contributed by atoms with Crippen molar-refractivity contribution in [2.45, 2.75) is 25.2 Å². The maximum absolute atomic E-state index is 12.2. The van der Waals surface area contributed by atoms with Crippen molar-refractivity contribution < 1.29 is 9.53 Å². The number of methoxy groups -OCH3 is 1. The summed E-state index contributed by atoms with van der Waals surface area (Å²) in [6, 6.07) is 3.85. The van der Waals surface area contributed by atoms with E-state index in [0.29, 0.717) is 5.92 Å². The van der Waals surface area contributed by atoms with Gasteiger partial charge in [-0.2, -0.15) is 5.10 Å². The number of carbonyl (C=O) groups is 1. The number of nitrogens with zero attached hydrogens (tertiary/aromatic N) is 3. The maximum atomic E-state index is 12.2. The first kappa shape index (κ1) is 12.6. The van der Waals surface area contributed by atoms with Gasteiger partial charge in [-0.1, -0.05) is 6.92 Å². The summed E-state index contributed by atoms with van der Waals surface area (Å²) in [5, 5.41) is 4.11. The molecule has 0 N–H and O–H groups in total. The summed E-state index contributed by atoms with van der Waals surface area (Å²) in [7, 11) is 1.44. The van der Waals surface area contributed by atoms with Gasteiger partial charge in [0.25, 0.3) is 0 Å². The van der Waals surface area contributed by atoms with Gasteiger partial charge in [-0.15, -0.1) is 0 Å². The molecule has 1 fully saturated rings. The summed E-state index contributed by atoms with van der Waals surface area (Å²) in [4.78, 5) is 16.4. The fourth-order valence-corrected chi connectivity index (χ4v) is 3.53. The Bertz CT molecular complexity index is 646. The first-order chi connectivity index (χ1) is 9.06. The number of esters is 1. The first-order valence-electron chi connectivity index (χ1n) is 6.15. The first-order valence-corrected chi connectivity index (χ1v) is 6.94. The van der Waals surface area contributed by atoms with E-state index >= 15 is 0 Å². The highest BCUT2D eigenvalue weighted by Crippen LogP contribution is 2.49. The average Bonchev–Trinajstić information content (AvgIpc) is 2.82. The molecular weight excluding hydrogens is 310 g/mol. The number of fused-ring (bicyclic) bond motifs is 1. The van der Waals surface area contributed by atoms with Crippen LogP contribution >= 0.6 is 15.9 Å². The van der Waals surface area contributed by atoms with Crippen molar-refractivity contribution in [3.05, 3.63) is 28.6 Å². The summed E-state index contributed by atoms with van der Waals surface area (Å²) in [6.45, 7) is 2.14. The Kier molecular flexibility index (Phi) is 2.85. The van der Waals surface area contributed by atoms with E-state index < -0.39 is 5.41 Å². The normalized spacial score (nSPS) is 26.2. The second-order valence-electron chi connectivity index (χ2n) is 5.18. The molecule has 1 aliphatic rings. The van der Waals surface area contributed by atoms with Crippen molar-refractivity contribution >= 4 is 27.5 Å². The summed E-state index contributed by atoms with van der Waals surface area (Å²) in [5.41, 5.74) is 1.15. The zero-order chi connectivity index (χ0) is 13.6. The standard InChI is InChI=1S/C13H14BrN3O2/c1-8-5-13(6-8,12(18)19-2)9-3-10(14)17-11(4-9)15-7-16-17/h3-4,7-8H,5-6H2,1-2H3. The number of pyridine rings is 1. The molecule has 100 valence electrons. The van der Waals surface area contributed by atoms with Gasteiger partial charge >= 0.3 is 5.97 Å². The minimum atomic E-state index is -0.523. The maximum Gasteiger partial charge on any atom is 0.316 e. The molecule has 6 heteroatoms. The van der Waals surface area contributed by atoms with Crippen molar-refractivity contribution in [2.24, 2.45) is 5.92 Å². The van der Waals surface area contributed by atoms with Gasteiger partial charge in [-0.3, -0.25) is 4.79 Å². The Labute approximate surface area is 119 Å². The smallest absolute Gasteiger partial charge is 0.316 e. The van der Waals surface area contributed by atoms with Crippen molar-refractivity contribution in [3.8, 4) is 0 Å². The van der Waals surface area contributed by atoms with Crippen LogP contribution in [-0.2, 0) is 14.9 Å².